The molecule has 27 heavy (non-hydrogen) atoms. The summed E-state index contributed by atoms with van der Waals surface area (Å²) in [4.78, 5) is 6.96. The van der Waals surface area contributed by atoms with E-state index in [0.29, 0.717) is 12.5 Å². The lowest BCUT2D eigenvalue weighted by atomic mass is 10.1. The van der Waals surface area contributed by atoms with Crippen molar-refractivity contribution in [2.45, 2.75) is 38.9 Å². The molecule has 0 amide bonds. The average Bonchev–Trinajstić information content (AvgIpc) is 2.65. The number of benzene rings is 1. The minimum Gasteiger partial charge on any atom is -0.484 e. The van der Waals surface area contributed by atoms with Gasteiger partial charge < -0.3 is 20.3 Å². The number of hydrogen-bond donors (Lipinski definition) is 2. The lowest BCUT2D eigenvalue weighted by molar-refractivity contribution is -0.153. The predicted molar refractivity (Wildman–Crippen MR) is 101 cm³/mol. The number of guanidine groups is 1. The lowest BCUT2D eigenvalue weighted by Crippen LogP contribution is -2.42. The third-order valence-corrected chi connectivity index (χ3v) is 4.23. The predicted octanol–water partition coefficient (Wildman–Crippen LogP) is 3.17. The minimum atomic E-state index is -4.34. The molecule has 1 aromatic carbocycles. The molecule has 1 saturated heterocycles. The van der Waals surface area contributed by atoms with Crippen molar-refractivity contribution in [2.75, 3.05) is 39.3 Å². The molecule has 0 saturated carbocycles. The van der Waals surface area contributed by atoms with Gasteiger partial charge in [-0.05, 0) is 50.6 Å². The number of nitrogens with one attached hydrogen (secondary N) is 2. The Kier molecular flexibility index (Phi) is 8.71. The molecule has 0 atom stereocenters. The van der Waals surface area contributed by atoms with Crippen molar-refractivity contribution >= 4 is 5.96 Å². The van der Waals surface area contributed by atoms with Crippen LogP contribution in [-0.4, -0.2) is 56.4 Å². The zero-order valence-electron chi connectivity index (χ0n) is 15.8. The van der Waals surface area contributed by atoms with Crippen LogP contribution in [0.25, 0.3) is 0 Å². The number of likely N-dealkylation sites (tertiary alicyclic amines) is 1. The van der Waals surface area contributed by atoms with Crippen molar-refractivity contribution in [3.05, 3.63) is 29.8 Å². The number of aliphatic imine (C=N–C) groups is 1. The number of hydrogen-bond acceptors (Lipinski definition) is 3. The minimum absolute atomic E-state index is 0.197. The Bertz CT molecular complexity index is 587. The van der Waals surface area contributed by atoms with Crippen LogP contribution in [0, 0.1) is 0 Å². The van der Waals surface area contributed by atoms with Crippen LogP contribution in [0.15, 0.2) is 29.3 Å². The number of rotatable bonds is 8. The standard InChI is InChI=1S/C19H29F3N4O/c1-2-23-18(24-9-12-26-10-4-3-5-11-26)25-14-16-7-6-8-17(13-16)27-15-19(20,21)22/h6-8,13H,2-5,9-12,14-15H2,1H3,(H2,23,24,25). The van der Waals surface area contributed by atoms with Gasteiger partial charge in [-0.25, -0.2) is 4.99 Å². The highest BCUT2D eigenvalue weighted by Crippen LogP contribution is 2.19. The van der Waals surface area contributed by atoms with E-state index in [1.54, 1.807) is 12.1 Å². The van der Waals surface area contributed by atoms with Gasteiger partial charge in [-0.3, -0.25) is 0 Å². The van der Waals surface area contributed by atoms with E-state index in [0.717, 1.165) is 38.3 Å². The summed E-state index contributed by atoms with van der Waals surface area (Å²) in [6.07, 6.45) is -0.494. The molecule has 5 nitrogen and oxygen atoms in total. The molecule has 2 rings (SSSR count). The second-order valence-corrected chi connectivity index (χ2v) is 6.58. The van der Waals surface area contributed by atoms with Gasteiger partial charge in [-0.15, -0.1) is 0 Å². The van der Waals surface area contributed by atoms with E-state index in [1.807, 2.05) is 13.0 Å². The van der Waals surface area contributed by atoms with Gasteiger partial charge in [0.1, 0.15) is 5.75 Å². The number of alkyl halides is 3. The molecule has 0 unspecified atom stereocenters. The normalized spacial score (nSPS) is 16.2. The Balaban J connectivity index is 1.83. The Morgan fingerprint density at radius 2 is 1.96 bits per heavy atom. The second-order valence-electron chi connectivity index (χ2n) is 6.58. The fourth-order valence-electron chi connectivity index (χ4n) is 2.93. The first kappa shape index (κ1) is 21.3. The fourth-order valence-corrected chi connectivity index (χ4v) is 2.93. The van der Waals surface area contributed by atoms with Gasteiger partial charge in [-0.2, -0.15) is 13.2 Å². The molecular formula is C19H29F3N4O. The Morgan fingerprint density at radius 3 is 2.67 bits per heavy atom. The summed E-state index contributed by atoms with van der Waals surface area (Å²) >= 11 is 0. The van der Waals surface area contributed by atoms with Crippen LogP contribution in [0.2, 0.25) is 0 Å². The SMILES string of the molecule is CCNC(=NCc1cccc(OCC(F)(F)F)c1)NCCN1CCCCC1. The molecule has 152 valence electrons. The highest BCUT2D eigenvalue weighted by Gasteiger charge is 2.28. The van der Waals surface area contributed by atoms with Crippen molar-refractivity contribution in [2.24, 2.45) is 4.99 Å². The summed E-state index contributed by atoms with van der Waals surface area (Å²) in [6, 6.07) is 6.60. The molecule has 0 aromatic heterocycles. The van der Waals surface area contributed by atoms with E-state index in [9.17, 15) is 13.2 Å². The molecule has 1 aliphatic rings. The molecule has 0 aliphatic carbocycles. The first-order chi connectivity index (χ1) is 13.0. The van der Waals surface area contributed by atoms with Gasteiger partial charge >= 0.3 is 6.18 Å². The molecule has 0 radical (unpaired) electrons. The topological polar surface area (TPSA) is 48.9 Å². The summed E-state index contributed by atoms with van der Waals surface area (Å²) in [5.41, 5.74) is 0.794. The van der Waals surface area contributed by atoms with Crippen LogP contribution in [-0.2, 0) is 6.54 Å². The van der Waals surface area contributed by atoms with E-state index in [2.05, 4.69) is 20.5 Å². The van der Waals surface area contributed by atoms with Crippen molar-refractivity contribution in [3.8, 4) is 5.75 Å². The molecule has 1 aliphatic heterocycles. The molecule has 0 bridgehead atoms. The Morgan fingerprint density at radius 1 is 1.19 bits per heavy atom. The first-order valence-electron chi connectivity index (χ1n) is 9.49. The third-order valence-electron chi connectivity index (χ3n) is 4.23. The van der Waals surface area contributed by atoms with Gasteiger partial charge in [0.25, 0.3) is 0 Å². The van der Waals surface area contributed by atoms with Crippen molar-refractivity contribution < 1.29 is 17.9 Å². The fraction of sp³-hybridized carbons (Fsp3) is 0.632. The monoisotopic (exact) mass is 386 g/mol. The number of ether oxygens (including phenoxy) is 1. The summed E-state index contributed by atoms with van der Waals surface area (Å²) < 4.78 is 41.6. The zero-order valence-corrected chi connectivity index (χ0v) is 15.8. The number of nitrogens with zero attached hydrogens (tertiary/aromatic N) is 2. The maximum atomic E-state index is 12.3. The molecule has 2 N–H and O–H groups in total. The van der Waals surface area contributed by atoms with Crippen molar-refractivity contribution in [1.29, 1.82) is 0 Å². The van der Waals surface area contributed by atoms with E-state index < -0.39 is 12.8 Å². The van der Waals surface area contributed by atoms with Gasteiger partial charge in [0.2, 0.25) is 0 Å². The average molecular weight is 386 g/mol. The smallest absolute Gasteiger partial charge is 0.422 e. The largest absolute Gasteiger partial charge is 0.484 e. The van der Waals surface area contributed by atoms with Crippen LogP contribution in [0.3, 0.4) is 0 Å². The van der Waals surface area contributed by atoms with Gasteiger partial charge in [0, 0.05) is 19.6 Å². The van der Waals surface area contributed by atoms with E-state index in [1.165, 1.54) is 25.3 Å². The highest BCUT2D eigenvalue weighted by molar-refractivity contribution is 5.79. The van der Waals surface area contributed by atoms with Crippen LogP contribution in [0.5, 0.6) is 5.75 Å². The van der Waals surface area contributed by atoms with E-state index in [4.69, 9.17) is 4.74 Å². The molecule has 1 aromatic rings. The van der Waals surface area contributed by atoms with E-state index >= 15 is 0 Å². The van der Waals surface area contributed by atoms with Crippen molar-refractivity contribution in [3.63, 3.8) is 0 Å². The molecule has 0 spiro atoms. The van der Waals surface area contributed by atoms with Gasteiger partial charge in [0.15, 0.2) is 12.6 Å². The maximum Gasteiger partial charge on any atom is 0.422 e. The van der Waals surface area contributed by atoms with Crippen LogP contribution < -0.4 is 15.4 Å². The Hall–Kier alpha value is -1.96. The quantitative estimate of drug-likeness (QED) is 0.532. The van der Waals surface area contributed by atoms with Gasteiger partial charge in [-0.1, -0.05) is 18.6 Å². The van der Waals surface area contributed by atoms with Crippen LogP contribution in [0.1, 0.15) is 31.7 Å². The Labute approximate surface area is 159 Å². The summed E-state index contributed by atoms with van der Waals surface area (Å²) in [6.45, 7) is 5.90. The number of halogens is 3. The van der Waals surface area contributed by atoms with Crippen LogP contribution in [0.4, 0.5) is 13.2 Å². The summed E-state index contributed by atoms with van der Waals surface area (Å²) in [7, 11) is 0. The summed E-state index contributed by atoms with van der Waals surface area (Å²) in [5.74, 6) is 0.902. The van der Waals surface area contributed by atoms with Gasteiger partial charge in [0.05, 0.1) is 6.54 Å². The number of piperidine rings is 1. The molecule has 1 heterocycles. The van der Waals surface area contributed by atoms with Crippen LogP contribution >= 0.6 is 0 Å². The third kappa shape index (κ3) is 8.99. The zero-order chi connectivity index (χ0) is 19.5. The lowest BCUT2D eigenvalue weighted by Gasteiger charge is -2.26. The molecular weight excluding hydrogens is 357 g/mol. The summed E-state index contributed by atoms with van der Waals surface area (Å²) in [5, 5.41) is 6.51. The maximum absolute atomic E-state index is 12.3. The molecule has 1 fully saturated rings. The van der Waals surface area contributed by atoms with Crippen molar-refractivity contribution in [1.82, 2.24) is 15.5 Å². The second kappa shape index (κ2) is 11.0. The molecule has 8 heteroatoms. The highest BCUT2D eigenvalue weighted by atomic mass is 19.4. The van der Waals surface area contributed by atoms with E-state index in [-0.39, 0.29) is 5.75 Å². The first-order valence-corrected chi connectivity index (χ1v) is 9.49.